The van der Waals surface area contributed by atoms with Crippen molar-refractivity contribution < 1.29 is 76.4 Å². The Bertz CT molecular complexity index is 4110. The summed E-state index contributed by atoms with van der Waals surface area (Å²) < 4.78 is 335. The van der Waals surface area contributed by atoms with Crippen LogP contribution in [0.3, 0.4) is 0 Å². The van der Waals surface area contributed by atoms with Crippen LogP contribution < -0.4 is 23.7 Å². The molecule has 1 heterocycles. The fraction of sp³-hybridized carbons (Fsp3) is 0.160. The lowest BCUT2D eigenvalue weighted by atomic mass is 9.93. The summed E-state index contributed by atoms with van der Waals surface area (Å²) in [4.78, 5) is 0. The van der Waals surface area contributed by atoms with Crippen molar-refractivity contribution >= 4 is 11.6 Å². The molecular formula is C50H43ClO6. The average molecular weight is 811 g/mol. The summed E-state index contributed by atoms with van der Waals surface area (Å²) in [5.41, 5.74) is -6.95. The molecule has 57 heavy (non-hydrogen) atoms. The Morgan fingerprint density at radius 1 is 0.509 bits per heavy atom. The number of halogens is 1. The van der Waals surface area contributed by atoms with Crippen LogP contribution in [0.1, 0.15) is 93.0 Å². The molecule has 7 aromatic rings. The highest BCUT2D eigenvalue weighted by molar-refractivity contribution is 6.33. The molecule has 7 heteroatoms. The van der Waals surface area contributed by atoms with E-state index in [2.05, 4.69) is 0 Å². The molecule has 6 nitrogen and oxygen atoms in total. The van der Waals surface area contributed by atoms with Gasteiger partial charge < -0.3 is 28.4 Å². The first-order valence-corrected chi connectivity index (χ1v) is 16.5. The van der Waals surface area contributed by atoms with E-state index in [0.29, 0.717) is 12.1 Å². The Morgan fingerprint density at radius 3 is 1.42 bits per heavy atom. The molecule has 0 saturated carbocycles. The monoisotopic (exact) mass is 809 g/mol. The van der Waals surface area contributed by atoms with Crippen molar-refractivity contribution in [3.8, 4) is 28.7 Å². The Labute approximate surface area is 388 Å². The molecular weight excluding hydrogens is 732 g/mol. The summed E-state index contributed by atoms with van der Waals surface area (Å²) in [6.45, 7) is -18.0. The van der Waals surface area contributed by atoms with Gasteiger partial charge in [0.25, 0.3) is 0 Å². The maximum Gasteiger partial charge on any atom is 0.162 e. The largest absolute Gasteiger partial charge is 0.488 e. The Morgan fingerprint density at radius 2 is 0.930 bits per heavy atom. The molecule has 2 atom stereocenters. The van der Waals surface area contributed by atoms with E-state index < -0.39 is 275 Å². The second-order valence-electron chi connectivity index (χ2n) is 11.0. The highest BCUT2D eigenvalue weighted by Crippen LogP contribution is 2.50. The molecule has 0 unspecified atom stereocenters. The van der Waals surface area contributed by atoms with E-state index in [1.54, 1.807) is 0 Å². The minimum Gasteiger partial charge on any atom is -0.488 e. The number of ether oxygens (including phenoxy) is 6. The van der Waals surface area contributed by atoms with Crippen LogP contribution in [0.5, 0.6) is 28.7 Å². The lowest BCUT2D eigenvalue weighted by molar-refractivity contribution is -0.0468. The van der Waals surface area contributed by atoms with Crippen molar-refractivity contribution in [3.63, 3.8) is 0 Å². The van der Waals surface area contributed by atoms with Crippen molar-refractivity contribution in [2.45, 2.75) is 51.4 Å². The van der Waals surface area contributed by atoms with E-state index in [9.17, 15) is 2.74 Å². The molecule has 0 radical (unpaired) electrons. The second kappa shape index (κ2) is 18.6. The normalized spacial score (nSPS) is 24.5. The van der Waals surface area contributed by atoms with Gasteiger partial charge in [-0.2, -0.15) is 0 Å². The predicted molar refractivity (Wildman–Crippen MR) is 223 cm³/mol. The maximum absolute atomic E-state index is 9.27. The fourth-order valence-corrected chi connectivity index (χ4v) is 5.19. The van der Waals surface area contributed by atoms with Gasteiger partial charge in [0.05, 0.1) is 54.5 Å². The zero-order valence-electron chi connectivity index (χ0n) is 63.5. The molecule has 7 aromatic carbocycles. The van der Waals surface area contributed by atoms with Crippen LogP contribution in [-0.2, 0) is 44.0 Å². The van der Waals surface area contributed by atoms with Gasteiger partial charge in [0.1, 0.15) is 54.6 Å². The summed E-state index contributed by atoms with van der Waals surface area (Å²) in [5, 5.41) is -0.912. The first-order chi connectivity index (χ1) is 42.2. The molecule has 8 rings (SSSR count). The number of hydrogen-bond donors (Lipinski definition) is 0. The van der Waals surface area contributed by atoms with Crippen molar-refractivity contribution in [1.29, 1.82) is 0 Å². The first-order valence-electron chi connectivity index (χ1n) is 33.7. The maximum atomic E-state index is 9.27. The van der Waals surface area contributed by atoms with Crippen LogP contribution >= 0.6 is 11.6 Å². The number of hydrogen-bond acceptors (Lipinski definition) is 6. The summed E-state index contributed by atoms with van der Waals surface area (Å²) in [7, 11) is 0. The average Bonchev–Trinajstić information content (AvgIpc) is 0.773. The molecule has 0 fully saturated rings. The molecule has 0 aliphatic carbocycles. The summed E-state index contributed by atoms with van der Waals surface area (Å²) in [5.74, 6) is -4.94. The number of benzene rings is 7. The summed E-state index contributed by atoms with van der Waals surface area (Å²) in [6.07, 6.45) is -5.39. The van der Waals surface area contributed by atoms with Gasteiger partial charge in [-0.3, -0.25) is 0 Å². The van der Waals surface area contributed by atoms with Crippen LogP contribution in [0.15, 0.2) is 175 Å². The third-order valence-electron chi connectivity index (χ3n) is 7.40. The Kier molecular flexibility index (Phi) is 4.78. The SMILES string of the molecule is [2H]c1c([2H])c([2H])c(C([2H])([2H])Oc2ccc([C@H]3Oc4c(Cl)c(OC([2H])([2H])c5c([2H])c([2H])c([2H])c([2H])c5[2H])cc(OC([2H])([2H])c5c([2H])c([2H])c([2H])c([2H])c5[2H])c4C[C@@H]3OC([2H])([2H])c3c([2H])c([2H])c([2H])c([2H])c3[2H])cc2OC([2H])([2H])c2c([2H])c([2H])c([2H])c([2H])c2[2H])c([2H])c1[2H]. The van der Waals surface area contributed by atoms with Gasteiger partial charge in [0, 0.05) is 18.1 Å². The molecule has 0 aromatic heterocycles. The fourth-order valence-electron chi connectivity index (χ4n) is 4.93. The van der Waals surface area contributed by atoms with Crippen LogP contribution in [-0.4, -0.2) is 6.10 Å². The highest BCUT2D eigenvalue weighted by Gasteiger charge is 2.37. The molecule has 286 valence electrons. The van der Waals surface area contributed by atoms with Gasteiger partial charge in [0.15, 0.2) is 17.6 Å². The second-order valence-corrected chi connectivity index (χ2v) is 11.4. The molecule has 0 saturated heterocycles. The van der Waals surface area contributed by atoms with E-state index >= 15 is 0 Å². The van der Waals surface area contributed by atoms with Crippen LogP contribution in [0, 0.1) is 0 Å². The topological polar surface area (TPSA) is 55.4 Å². The molecule has 0 amide bonds. The molecule has 0 spiro atoms. The number of fused-ring (bicyclic) bond motifs is 1. The Hall–Kier alpha value is -6.21. The van der Waals surface area contributed by atoms with Crippen molar-refractivity contribution in [2.24, 2.45) is 0 Å². The molecule has 1 aliphatic rings. The smallest absolute Gasteiger partial charge is 0.162 e. The van der Waals surface area contributed by atoms with E-state index in [1.165, 1.54) is 0 Å². The van der Waals surface area contributed by atoms with Crippen LogP contribution in [0.25, 0.3) is 0 Å². The van der Waals surface area contributed by atoms with E-state index in [1.807, 2.05) is 0 Å². The van der Waals surface area contributed by atoms with E-state index in [-0.39, 0.29) is 0 Å². The van der Waals surface area contributed by atoms with Gasteiger partial charge in [-0.1, -0.05) is 169 Å². The zero-order valence-corrected chi connectivity index (χ0v) is 29.3. The Balaban J connectivity index is 1.43. The lowest BCUT2D eigenvalue weighted by Crippen LogP contribution is -2.33. The number of rotatable bonds is 16. The summed E-state index contributed by atoms with van der Waals surface area (Å²) in [6, 6.07) is -24.1. The standard InChI is InChI=1S/C50H43ClO6/c51-48-46(55-34-39-22-12-4-13-23-39)30-44(53-32-37-18-8-2-9-19-37)42-29-47(56-35-40-24-14-5-15-25-40)49(57-50(42)48)41-26-27-43(52-31-36-16-6-1-7-17-36)45(28-41)54-33-38-20-10-3-11-21-38/h1-28,30,47,49H,29,31-35H2/t47-,49+/m0/s1/i1D,2D,3D,4D,5D,6D,7D,8D,9D,10D,11D,12D,13D,14D,15D,16D,17D,18D,19D,20D,21D,22D,23D,24D,25D,31D2,32D2,33D2,34D2,35D2. The third-order valence-corrected chi connectivity index (χ3v) is 7.76. The summed E-state index contributed by atoms with van der Waals surface area (Å²) >= 11 is 7.04. The minimum absolute atomic E-state index is 0.533. The molecule has 1 aliphatic heterocycles. The first kappa shape index (κ1) is 14.6. The zero-order chi connectivity index (χ0) is 69.4. The van der Waals surface area contributed by atoms with Crippen LogP contribution in [0.2, 0.25) is 5.02 Å². The van der Waals surface area contributed by atoms with Gasteiger partial charge >= 0.3 is 0 Å². The van der Waals surface area contributed by atoms with Gasteiger partial charge in [-0.15, -0.1) is 0 Å². The van der Waals surface area contributed by atoms with Gasteiger partial charge in [-0.25, -0.2) is 0 Å². The van der Waals surface area contributed by atoms with Crippen LogP contribution in [0.4, 0.5) is 0 Å². The highest BCUT2D eigenvalue weighted by atomic mass is 35.5. The van der Waals surface area contributed by atoms with Gasteiger partial charge in [0.2, 0.25) is 0 Å². The minimum atomic E-state index is -3.65. The molecule has 0 N–H and O–H groups in total. The third kappa shape index (κ3) is 9.79. The lowest BCUT2D eigenvalue weighted by Gasteiger charge is -2.36. The predicted octanol–water partition coefficient (Wildman–Crippen LogP) is 11.9. The van der Waals surface area contributed by atoms with Crippen molar-refractivity contribution in [3.05, 3.63) is 219 Å². The van der Waals surface area contributed by atoms with E-state index in [4.69, 9.17) is 85.3 Å². The van der Waals surface area contributed by atoms with E-state index in [0.717, 1.165) is 12.1 Å². The molecule has 0 bridgehead atoms. The van der Waals surface area contributed by atoms with Crippen molar-refractivity contribution in [2.75, 3.05) is 0 Å². The van der Waals surface area contributed by atoms with Crippen molar-refractivity contribution in [1.82, 2.24) is 0 Å². The quantitative estimate of drug-likeness (QED) is 0.0969. The van der Waals surface area contributed by atoms with Gasteiger partial charge in [-0.05, 0) is 45.5 Å².